The molecule has 0 aliphatic heterocycles. The van der Waals surface area contributed by atoms with Crippen molar-refractivity contribution >= 4 is 0 Å². The van der Waals surface area contributed by atoms with Crippen LogP contribution in [-0.4, -0.2) is 10.2 Å². The Kier molecular flexibility index (Phi) is 3.14. The van der Waals surface area contributed by atoms with Crippen molar-refractivity contribution in [2.24, 2.45) is 5.73 Å². The Bertz CT molecular complexity index is 297. The molecule has 0 heterocycles. The summed E-state index contributed by atoms with van der Waals surface area (Å²) in [6, 6.07) is 3.04. The summed E-state index contributed by atoms with van der Waals surface area (Å²) in [5.74, 6) is 0.158. The Morgan fingerprint density at radius 1 is 1.15 bits per heavy atom. The van der Waals surface area contributed by atoms with E-state index in [-0.39, 0.29) is 18.0 Å². The van der Waals surface area contributed by atoms with E-state index in [2.05, 4.69) is 6.92 Å². The highest BCUT2D eigenvalue weighted by Gasteiger charge is 2.06. The summed E-state index contributed by atoms with van der Waals surface area (Å²) in [4.78, 5) is 0. The Hall–Kier alpha value is -1.22. The van der Waals surface area contributed by atoms with Crippen LogP contribution >= 0.6 is 0 Å². The van der Waals surface area contributed by atoms with Crippen molar-refractivity contribution < 1.29 is 10.2 Å². The van der Waals surface area contributed by atoms with Gasteiger partial charge in [0.15, 0.2) is 0 Å². The molecule has 0 atom stereocenters. The van der Waals surface area contributed by atoms with Crippen molar-refractivity contribution in [2.75, 3.05) is 0 Å². The van der Waals surface area contributed by atoms with Crippen molar-refractivity contribution in [1.82, 2.24) is 0 Å². The van der Waals surface area contributed by atoms with Crippen LogP contribution in [0.4, 0.5) is 0 Å². The van der Waals surface area contributed by atoms with Crippen LogP contribution in [0.1, 0.15) is 17.5 Å². The molecule has 13 heavy (non-hydrogen) atoms. The second-order valence-corrected chi connectivity index (χ2v) is 2.92. The number of phenols is 2. The molecule has 0 saturated heterocycles. The minimum absolute atomic E-state index is 0.0489. The summed E-state index contributed by atoms with van der Waals surface area (Å²) in [5.41, 5.74) is 6.85. The van der Waals surface area contributed by atoms with Gasteiger partial charge < -0.3 is 15.9 Å². The highest BCUT2D eigenvalue weighted by atomic mass is 16.3. The van der Waals surface area contributed by atoms with E-state index in [1.165, 1.54) is 6.07 Å². The van der Waals surface area contributed by atoms with Crippen LogP contribution in [-0.2, 0) is 13.0 Å². The number of benzene rings is 1. The largest absolute Gasteiger partial charge is 0.508 e. The molecule has 0 amide bonds. The van der Waals surface area contributed by atoms with Crippen molar-refractivity contribution in [1.29, 1.82) is 0 Å². The highest BCUT2D eigenvalue weighted by Crippen LogP contribution is 2.27. The second kappa shape index (κ2) is 4.14. The molecule has 0 aromatic heterocycles. The van der Waals surface area contributed by atoms with Crippen LogP contribution < -0.4 is 5.73 Å². The van der Waals surface area contributed by atoms with Crippen molar-refractivity contribution in [3.05, 3.63) is 30.2 Å². The number of nitrogens with two attached hydrogens (primary N) is 1. The van der Waals surface area contributed by atoms with Gasteiger partial charge in [-0.05, 0) is 24.5 Å². The second-order valence-electron chi connectivity index (χ2n) is 2.92. The number of hydrogen-bond acceptors (Lipinski definition) is 3. The molecule has 71 valence electrons. The molecule has 1 radical (unpaired) electrons. The predicted molar refractivity (Wildman–Crippen MR) is 51.3 cm³/mol. The Morgan fingerprint density at radius 3 is 2.31 bits per heavy atom. The molecule has 1 rings (SSSR count). The van der Waals surface area contributed by atoms with E-state index in [0.29, 0.717) is 18.4 Å². The maximum absolute atomic E-state index is 9.41. The zero-order valence-electron chi connectivity index (χ0n) is 7.45. The summed E-state index contributed by atoms with van der Waals surface area (Å²) in [6.07, 6.45) is 1.40. The Morgan fingerprint density at radius 2 is 1.77 bits per heavy atom. The van der Waals surface area contributed by atoms with Crippen LogP contribution in [0.15, 0.2) is 12.1 Å². The lowest BCUT2D eigenvalue weighted by Gasteiger charge is -2.07. The molecule has 0 fully saturated rings. The number of hydrogen-bond donors (Lipinski definition) is 3. The molecule has 4 N–H and O–H groups in total. The van der Waals surface area contributed by atoms with Crippen LogP contribution in [0.5, 0.6) is 11.5 Å². The van der Waals surface area contributed by atoms with Gasteiger partial charge in [-0.2, -0.15) is 0 Å². The zero-order chi connectivity index (χ0) is 9.84. The lowest BCUT2D eigenvalue weighted by molar-refractivity contribution is 0.442. The van der Waals surface area contributed by atoms with E-state index in [9.17, 15) is 10.2 Å². The third-order valence-corrected chi connectivity index (χ3v) is 1.95. The van der Waals surface area contributed by atoms with E-state index < -0.39 is 0 Å². The third-order valence-electron chi connectivity index (χ3n) is 1.95. The summed E-state index contributed by atoms with van der Waals surface area (Å²) < 4.78 is 0. The molecule has 0 unspecified atom stereocenters. The molecule has 0 spiro atoms. The normalized spacial score (nSPS) is 10.3. The van der Waals surface area contributed by atoms with Crippen LogP contribution in [0.3, 0.4) is 0 Å². The molecule has 1 aromatic rings. The molecule has 1 aromatic carbocycles. The summed E-state index contributed by atoms with van der Waals surface area (Å²) in [7, 11) is 0. The Balaban J connectivity index is 3.06. The van der Waals surface area contributed by atoms with Crippen LogP contribution in [0, 0.1) is 6.92 Å². The van der Waals surface area contributed by atoms with Crippen molar-refractivity contribution in [3.63, 3.8) is 0 Å². The molecule has 0 bridgehead atoms. The average Bonchev–Trinajstić information content (AvgIpc) is 2.10. The average molecular weight is 180 g/mol. The SMILES string of the molecule is [CH2]CCc1cc(CN)c(O)cc1O. The minimum atomic E-state index is 0.0489. The summed E-state index contributed by atoms with van der Waals surface area (Å²) in [5, 5.41) is 18.7. The van der Waals surface area contributed by atoms with Gasteiger partial charge in [0.05, 0.1) is 0 Å². The first-order valence-corrected chi connectivity index (χ1v) is 4.22. The molecule has 0 aliphatic rings. The Labute approximate surface area is 77.8 Å². The van der Waals surface area contributed by atoms with Crippen molar-refractivity contribution in [3.8, 4) is 11.5 Å². The van der Waals surface area contributed by atoms with E-state index in [1.54, 1.807) is 6.07 Å². The summed E-state index contributed by atoms with van der Waals surface area (Å²) >= 11 is 0. The van der Waals surface area contributed by atoms with E-state index in [4.69, 9.17) is 5.73 Å². The molecule has 3 nitrogen and oxygen atoms in total. The molecule has 0 aliphatic carbocycles. The molecule has 3 heteroatoms. The first-order chi connectivity index (χ1) is 6.19. The number of rotatable bonds is 3. The van der Waals surface area contributed by atoms with Gasteiger partial charge in [0.1, 0.15) is 11.5 Å². The lowest BCUT2D eigenvalue weighted by Crippen LogP contribution is -1.98. The lowest BCUT2D eigenvalue weighted by atomic mass is 10.0. The van der Waals surface area contributed by atoms with Gasteiger partial charge in [0.25, 0.3) is 0 Å². The minimum Gasteiger partial charge on any atom is -0.508 e. The zero-order valence-corrected chi connectivity index (χ0v) is 7.45. The standard InChI is InChI=1S/C10H14NO2/c1-2-3-7-4-8(6-11)10(13)5-9(7)12/h4-5,12-13H,1-3,6,11H2. The number of aromatic hydroxyl groups is 2. The molecule has 0 saturated carbocycles. The first-order valence-electron chi connectivity index (χ1n) is 4.22. The van der Waals surface area contributed by atoms with E-state index in [1.807, 2.05) is 0 Å². The van der Waals surface area contributed by atoms with Crippen molar-refractivity contribution in [2.45, 2.75) is 19.4 Å². The third kappa shape index (κ3) is 2.12. The smallest absolute Gasteiger partial charge is 0.123 e. The highest BCUT2D eigenvalue weighted by molar-refractivity contribution is 5.45. The fraction of sp³-hybridized carbons (Fsp3) is 0.300. The quantitative estimate of drug-likeness (QED) is 0.657. The maximum Gasteiger partial charge on any atom is 0.123 e. The fourth-order valence-corrected chi connectivity index (χ4v) is 1.23. The topological polar surface area (TPSA) is 66.5 Å². The van der Waals surface area contributed by atoms with E-state index >= 15 is 0 Å². The van der Waals surface area contributed by atoms with Crippen LogP contribution in [0.25, 0.3) is 0 Å². The maximum atomic E-state index is 9.41. The fourth-order valence-electron chi connectivity index (χ4n) is 1.23. The van der Waals surface area contributed by atoms with Gasteiger partial charge in [-0.1, -0.05) is 6.92 Å². The van der Waals surface area contributed by atoms with Gasteiger partial charge in [0, 0.05) is 18.2 Å². The van der Waals surface area contributed by atoms with Gasteiger partial charge in [-0.3, -0.25) is 0 Å². The first kappa shape index (κ1) is 9.86. The number of phenolic OH excluding ortho intramolecular Hbond substituents is 2. The summed E-state index contributed by atoms with van der Waals surface area (Å²) in [6.45, 7) is 3.97. The van der Waals surface area contributed by atoms with Crippen LogP contribution in [0.2, 0.25) is 0 Å². The van der Waals surface area contributed by atoms with Gasteiger partial charge in [-0.25, -0.2) is 0 Å². The van der Waals surface area contributed by atoms with Gasteiger partial charge in [0.2, 0.25) is 0 Å². The molecular formula is C10H14NO2. The van der Waals surface area contributed by atoms with Gasteiger partial charge in [-0.15, -0.1) is 0 Å². The monoisotopic (exact) mass is 180 g/mol. The molecular weight excluding hydrogens is 166 g/mol. The number of aryl methyl sites for hydroxylation is 1. The van der Waals surface area contributed by atoms with Gasteiger partial charge >= 0.3 is 0 Å². The van der Waals surface area contributed by atoms with E-state index in [0.717, 1.165) is 5.56 Å². The predicted octanol–water partition coefficient (Wildman–Crippen LogP) is 1.32.